The highest BCUT2D eigenvalue weighted by Crippen LogP contribution is 2.20. The molecule has 1 saturated heterocycles. The van der Waals surface area contributed by atoms with Gasteiger partial charge in [0.05, 0.1) is 18.8 Å². The zero-order chi connectivity index (χ0) is 9.84. The minimum atomic E-state index is -0.816. The Bertz CT molecular complexity index is 159. The summed E-state index contributed by atoms with van der Waals surface area (Å²) in [5.74, 6) is 0. The monoisotopic (exact) mass is 188 g/mol. The first kappa shape index (κ1) is 10.7. The lowest BCUT2D eigenvalue weighted by molar-refractivity contribution is -0.242. The second kappa shape index (κ2) is 4.72. The first-order valence-electron chi connectivity index (χ1n) is 4.39. The van der Waals surface area contributed by atoms with Crippen molar-refractivity contribution < 1.29 is 19.7 Å². The first-order valence-corrected chi connectivity index (χ1v) is 4.39. The van der Waals surface area contributed by atoms with Crippen LogP contribution < -0.4 is 0 Å². The van der Waals surface area contributed by atoms with E-state index < -0.39 is 24.6 Å². The maximum atomic E-state index is 9.38. The van der Waals surface area contributed by atoms with Crippen molar-refractivity contribution in [3.63, 3.8) is 0 Å². The molecule has 4 nitrogen and oxygen atoms in total. The molecule has 0 aliphatic carbocycles. The van der Waals surface area contributed by atoms with E-state index in [2.05, 4.69) is 6.58 Å². The number of aliphatic hydroxyl groups is 2. The zero-order valence-electron chi connectivity index (χ0n) is 7.72. The van der Waals surface area contributed by atoms with Gasteiger partial charge < -0.3 is 19.7 Å². The summed E-state index contributed by atoms with van der Waals surface area (Å²) in [4.78, 5) is 0. The zero-order valence-corrected chi connectivity index (χ0v) is 7.72. The van der Waals surface area contributed by atoms with Gasteiger partial charge in [-0.1, -0.05) is 6.08 Å². The maximum Gasteiger partial charge on any atom is 0.161 e. The fraction of sp³-hybridized carbons (Fsp3) is 0.778. The van der Waals surface area contributed by atoms with Crippen LogP contribution in [0.5, 0.6) is 0 Å². The lowest BCUT2D eigenvalue weighted by Crippen LogP contribution is -2.47. The number of hydrogen-bond donors (Lipinski definition) is 2. The third-order valence-electron chi connectivity index (χ3n) is 2.08. The van der Waals surface area contributed by atoms with Crippen molar-refractivity contribution in [3.8, 4) is 0 Å². The average Bonchev–Trinajstić information content (AvgIpc) is 2.10. The van der Waals surface area contributed by atoms with Crippen molar-refractivity contribution in [3.05, 3.63) is 12.7 Å². The average molecular weight is 188 g/mol. The van der Waals surface area contributed by atoms with E-state index in [1.807, 2.05) is 0 Å². The molecule has 4 heteroatoms. The van der Waals surface area contributed by atoms with Crippen molar-refractivity contribution in [2.45, 2.75) is 37.9 Å². The molecule has 0 aromatic carbocycles. The summed E-state index contributed by atoms with van der Waals surface area (Å²) < 4.78 is 10.5. The van der Waals surface area contributed by atoms with Crippen LogP contribution in [0.3, 0.4) is 0 Å². The standard InChI is InChI=1S/C9H16O4/c1-3-4-12-8-5-7(10)9(11)6(2)13-8/h3,6-11H,1,4-5H2,2H3/t6-,7-,8+,9+/m0/s1. The van der Waals surface area contributed by atoms with E-state index >= 15 is 0 Å². The van der Waals surface area contributed by atoms with Gasteiger partial charge in [0, 0.05) is 6.42 Å². The summed E-state index contributed by atoms with van der Waals surface area (Å²) in [5, 5.41) is 18.7. The van der Waals surface area contributed by atoms with Gasteiger partial charge >= 0.3 is 0 Å². The van der Waals surface area contributed by atoms with Gasteiger partial charge in [0.1, 0.15) is 6.10 Å². The highest BCUT2D eigenvalue weighted by Gasteiger charge is 2.34. The Morgan fingerprint density at radius 2 is 2.31 bits per heavy atom. The third-order valence-corrected chi connectivity index (χ3v) is 2.08. The molecule has 2 N–H and O–H groups in total. The molecule has 0 spiro atoms. The van der Waals surface area contributed by atoms with Crippen molar-refractivity contribution in [1.82, 2.24) is 0 Å². The molecule has 1 rings (SSSR count). The quantitative estimate of drug-likeness (QED) is 0.614. The molecule has 0 amide bonds. The molecule has 0 aromatic rings. The molecule has 0 unspecified atom stereocenters. The van der Waals surface area contributed by atoms with Gasteiger partial charge in [0.25, 0.3) is 0 Å². The fourth-order valence-electron chi connectivity index (χ4n) is 1.31. The molecule has 0 radical (unpaired) electrons. The highest BCUT2D eigenvalue weighted by atomic mass is 16.7. The summed E-state index contributed by atoms with van der Waals surface area (Å²) >= 11 is 0. The summed E-state index contributed by atoms with van der Waals surface area (Å²) in [6.45, 7) is 5.60. The van der Waals surface area contributed by atoms with Gasteiger partial charge in [0.15, 0.2) is 6.29 Å². The number of hydrogen-bond acceptors (Lipinski definition) is 4. The molecule has 13 heavy (non-hydrogen) atoms. The van der Waals surface area contributed by atoms with Crippen LogP contribution in [0.1, 0.15) is 13.3 Å². The van der Waals surface area contributed by atoms with E-state index in [-0.39, 0.29) is 0 Å². The predicted octanol–water partition coefficient (Wildman–Crippen LogP) is 0.0457. The van der Waals surface area contributed by atoms with Crippen LogP contribution in [-0.2, 0) is 9.47 Å². The van der Waals surface area contributed by atoms with Crippen molar-refractivity contribution >= 4 is 0 Å². The van der Waals surface area contributed by atoms with Gasteiger partial charge in [-0.25, -0.2) is 0 Å². The van der Waals surface area contributed by atoms with Crippen LogP contribution >= 0.6 is 0 Å². The molecule has 76 valence electrons. The Hall–Kier alpha value is -0.420. The van der Waals surface area contributed by atoms with E-state index in [0.29, 0.717) is 13.0 Å². The van der Waals surface area contributed by atoms with Crippen molar-refractivity contribution in [2.75, 3.05) is 6.61 Å². The Kier molecular flexibility index (Phi) is 3.87. The van der Waals surface area contributed by atoms with E-state index in [1.165, 1.54) is 0 Å². The third kappa shape index (κ3) is 2.77. The number of aliphatic hydroxyl groups excluding tert-OH is 2. The van der Waals surface area contributed by atoms with E-state index in [4.69, 9.17) is 9.47 Å². The molecular weight excluding hydrogens is 172 g/mol. The van der Waals surface area contributed by atoms with Gasteiger partial charge in [-0.15, -0.1) is 6.58 Å². The Balaban J connectivity index is 2.39. The maximum absolute atomic E-state index is 9.38. The van der Waals surface area contributed by atoms with E-state index in [0.717, 1.165) is 0 Å². The van der Waals surface area contributed by atoms with Gasteiger partial charge in [-0.05, 0) is 6.92 Å². The van der Waals surface area contributed by atoms with Crippen LogP contribution in [0, 0.1) is 0 Å². The summed E-state index contributed by atoms with van der Waals surface area (Å²) in [6.07, 6.45) is -0.489. The van der Waals surface area contributed by atoms with Gasteiger partial charge in [-0.3, -0.25) is 0 Å². The Morgan fingerprint density at radius 1 is 1.62 bits per heavy atom. The molecule has 1 aliphatic heterocycles. The minimum absolute atomic E-state index is 0.305. The molecule has 1 aliphatic rings. The van der Waals surface area contributed by atoms with Gasteiger partial charge in [0.2, 0.25) is 0 Å². The topological polar surface area (TPSA) is 58.9 Å². The second-order valence-corrected chi connectivity index (χ2v) is 3.19. The lowest BCUT2D eigenvalue weighted by Gasteiger charge is -2.34. The summed E-state index contributed by atoms with van der Waals surface area (Å²) in [7, 11) is 0. The molecule has 0 saturated carbocycles. The second-order valence-electron chi connectivity index (χ2n) is 3.19. The SMILES string of the molecule is C=CCO[C@H]1C[C@H](O)[C@H](O)[C@H](C)O1. The van der Waals surface area contributed by atoms with Crippen LogP contribution in [-0.4, -0.2) is 41.4 Å². The van der Waals surface area contributed by atoms with Crippen molar-refractivity contribution in [2.24, 2.45) is 0 Å². The normalized spacial score (nSPS) is 40.2. The smallest absolute Gasteiger partial charge is 0.161 e. The van der Waals surface area contributed by atoms with Crippen LogP contribution in [0.15, 0.2) is 12.7 Å². The highest BCUT2D eigenvalue weighted by molar-refractivity contribution is 4.80. The molecular formula is C9H16O4. The van der Waals surface area contributed by atoms with E-state index in [9.17, 15) is 10.2 Å². The Morgan fingerprint density at radius 3 is 2.85 bits per heavy atom. The first-order chi connectivity index (χ1) is 6.15. The Labute approximate surface area is 77.8 Å². The number of rotatable bonds is 3. The van der Waals surface area contributed by atoms with Crippen LogP contribution in [0.4, 0.5) is 0 Å². The van der Waals surface area contributed by atoms with Crippen LogP contribution in [0.25, 0.3) is 0 Å². The fourth-order valence-corrected chi connectivity index (χ4v) is 1.31. The summed E-state index contributed by atoms with van der Waals surface area (Å²) in [5.41, 5.74) is 0. The molecule has 0 bridgehead atoms. The summed E-state index contributed by atoms with van der Waals surface area (Å²) in [6, 6.07) is 0. The molecule has 1 heterocycles. The number of ether oxygens (including phenoxy) is 2. The molecule has 1 fully saturated rings. The van der Waals surface area contributed by atoms with Gasteiger partial charge in [-0.2, -0.15) is 0 Å². The van der Waals surface area contributed by atoms with E-state index in [1.54, 1.807) is 13.0 Å². The molecule has 0 aromatic heterocycles. The minimum Gasteiger partial charge on any atom is -0.390 e. The lowest BCUT2D eigenvalue weighted by atomic mass is 10.0. The van der Waals surface area contributed by atoms with Crippen LogP contribution in [0.2, 0.25) is 0 Å². The largest absolute Gasteiger partial charge is 0.390 e. The molecule has 4 atom stereocenters. The van der Waals surface area contributed by atoms with Crippen molar-refractivity contribution in [1.29, 1.82) is 0 Å². The predicted molar refractivity (Wildman–Crippen MR) is 47.1 cm³/mol.